The van der Waals surface area contributed by atoms with Crippen LogP contribution in [0.4, 0.5) is 11.4 Å². The van der Waals surface area contributed by atoms with Crippen molar-refractivity contribution < 1.29 is 4.79 Å². The predicted octanol–water partition coefficient (Wildman–Crippen LogP) is 3.28. The van der Waals surface area contributed by atoms with Crippen LogP contribution in [0.5, 0.6) is 0 Å². The number of rotatable bonds is 6. The molecule has 0 spiro atoms. The van der Waals surface area contributed by atoms with E-state index in [9.17, 15) is 4.79 Å². The molecule has 0 saturated carbocycles. The number of aromatic nitrogens is 1. The third-order valence-electron chi connectivity index (χ3n) is 6.37. The average molecular weight is 436 g/mol. The molecule has 2 fully saturated rings. The Labute approximate surface area is 187 Å². The van der Waals surface area contributed by atoms with Gasteiger partial charge in [-0.1, -0.05) is 12.1 Å². The van der Waals surface area contributed by atoms with Crippen LogP contribution in [-0.2, 0) is 6.42 Å². The smallest absolute Gasteiger partial charge is 0.252 e. The molecule has 2 atom stereocenters. The molecule has 162 valence electrons. The van der Waals surface area contributed by atoms with E-state index < -0.39 is 0 Å². The lowest BCUT2D eigenvalue weighted by Crippen LogP contribution is -2.51. The Morgan fingerprint density at radius 2 is 1.97 bits per heavy atom. The number of nitrogens with zero attached hydrogens (tertiary/aromatic N) is 3. The fourth-order valence-corrected chi connectivity index (χ4v) is 5.64. The Morgan fingerprint density at radius 3 is 2.68 bits per heavy atom. The third kappa shape index (κ3) is 4.25. The second-order valence-electron chi connectivity index (χ2n) is 8.81. The second-order valence-corrected chi connectivity index (χ2v) is 9.67. The fraction of sp³-hybridized carbons (Fsp3) is 0.417. The quantitative estimate of drug-likeness (QED) is 0.622. The molecule has 2 aliphatic rings. The summed E-state index contributed by atoms with van der Waals surface area (Å²) in [5.74, 6) is -0.0711. The van der Waals surface area contributed by atoms with Crippen LogP contribution < -0.4 is 20.4 Å². The van der Waals surface area contributed by atoms with Gasteiger partial charge in [0.05, 0.1) is 11.3 Å². The number of benzene rings is 1. The van der Waals surface area contributed by atoms with Crippen molar-refractivity contribution in [2.24, 2.45) is 0 Å². The van der Waals surface area contributed by atoms with Crippen LogP contribution >= 0.6 is 11.3 Å². The first-order chi connectivity index (χ1) is 15.1. The van der Waals surface area contributed by atoms with E-state index in [0.29, 0.717) is 24.2 Å². The van der Waals surface area contributed by atoms with Crippen molar-refractivity contribution in [2.45, 2.75) is 31.3 Å². The number of carbonyl (C=O) groups is 1. The van der Waals surface area contributed by atoms with Crippen LogP contribution in [0.1, 0.15) is 28.8 Å². The summed E-state index contributed by atoms with van der Waals surface area (Å²) in [6, 6.07) is 12.1. The van der Waals surface area contributed by atoms with Crippen molar-refractivity contribution >= 4 is 38.8 Å². The normalized spacial score (nSPS) is 20.3. The van der Waals surface area contributed by atoms with Gasteiger partial charge in [0.25, 0.3) is 5.91 Å². The average Bonchev–Trinajstić information content (AvgIpc) is 3.36. The van der Waals surface area contributed by atoms with Gasteiger partial charge >= 0.3 is 0 Å². The molecule has 2 aliphatic heterocycles. The molecule has 2 saturated heterocycles. The van der Waals surface area contributed by atoms with Crippen LogP contribution in [0.15, 0.2) is 41.9 Å². The Balaban J connectivity index is 1.17. The summed E-state index contributed by atoms with van der Waals surface area (Å²) in [5.41, 5.74) is 4.25. The number of fused-ring (bicyclic) bond motifs is 3. The molecule has 0 radical (unpaired) electrons. The number of pyridine rings is 1. The minimum atomic E-state index is -0.0711. The van der Waals surface area contributed by atoms with E-state index in [4.69, 9.17) is 0 Å². The van der Waals surface area contributed by atoms with Crippen LogP contribution in [0.3, 0.4) is 0 Å². The van der Waals surface area contributed by atoms with Gasteiger partial charge in [-0.05, 0) is 43.0 Å². The predicted molar refractivity (Wildman–Crippen MR) is 129 cm³/mol. The molecular formula is C24H29N5OS. The second kappa shape index (κ2) is 8.48. The van der Waals surface area contributed by atoms with E-state index in [-0.39, 0.29) is 5.91 Å². The topological polar surface area (TPSA) is 60.5 Å². The Morgan fingerprint density at radius 1 is 1.23 bits per heavy atom. The summed E-state index contributed by atoms with van der Waals surface area (Å²) in [7, 11) is 4.01. The van der Waals surface area contributed by atoms with Gasteiger partial charge < -0.3 is 20.4 Å². The van der Waals surface area contributed by atoms with Gasteiger partial charge in [0.15, 0.2) is 0 Å². The summed E-state index contributed by atoms with van der Waals surface area (Å²) in [5, 5.41) is 9.83. The van der Waals surface area contributed by atoms with Crippen molar-refractivity contribution in [3.05, 3.63) is 53.0 Å². The van der Waals surface area contributed by atoms with Crippen molar-refractivity contribution in [1.82, 2.24) is 15.6 Å². The highest BCUT2D eigenvalue weighted by Crippen LogP contribution is 2.31. The standard InChI is InChI=1S/C24H29N5OS/c1-28(2)22-15-31-24-21(22)11-17(12-26-24)23(30)25-10-9-16-3-7-20(8-4-16)29-13-18-5-6-19(14-29)27-18/h3-4,7-8,11-12,15,18-19,27H,5-6,9-10,13-14H2,1-2H3,(H,25,30). The van der Waals surface area contributed by atoms with Crippen molar-refractivity contribution in [2.75, 3.05) is 43.5 Å². The van der Waals surface area contributed by atoms with Crippen LogP contribution in [-0.4, -0.2) is 56.7 Å². The van der Waals surface area contributed by atoms with Crippen molar-refractivity contribution in [1.29, 1.82) is 0 Å². The zero-order valence-corrected chi connectivity index (χ0v) is 18.9. The lowest BCUT2D eigenvalue weighted by atomic mass is 10.1. The first-order valence-corrected chi connectivity index (χ1v) is 11.9. The van der Waals surface area contributed by atoms with Gasteiger partial charge in [-0.15, -0.1) is 11.3 Å². The summed E-state index contributed by atoms with van der Waals surface area (Å²) in [6.45, 7) is 2.81. The summed E-state index contributed by atoms with van der Waals surface area (Å²) in [6.07, 6.45) is 5.08. The number of anilines is 2. The molecule has 31 heavy (non-hydrogen) atoms. The highest BCUT2D eigenvalue weighted by atomic mass is 32.1. The zero-order chi connectivity index (χ0) is 21.4. The third-order valence-corrected chi connectivity index (χ3v) is 7.26. The lowest BCUT2D eigenvalue weighted by molar-refractivity contribution is 0.0954. The minimum absolute atomic E-state index is 0.0711. The van der Waals surface area contributed by atoms with E-state index >= 15 is 0 Å². The molecule has 1 amide bonds. The molecule has 2 unspecified atom stereocenters. The molecule has 5 rings (SSSR count). The van der Waals surface area contributed by atoms with E-state index in [1.54, 1.807) is 17.5 Å². The number of nitrogens with one attached hydrogen (secondary N) is 2. The molecular weight excluding hydrogens is 406 g/mol. The molecule has 6 nitrogen and oxygen atoms in total. The summed E-state index contributed by atoms with van der Waals surface area (Å²) < 4.78 is 0. The number of carbonyl (C=O) groups excluding carboxylic acids is 1. The zero-order valence-electron chi connectivity index (χ0n) is 18.1. The molecule has 0 aliphatic carbocycles. The summed E-state index contributed by atoms with van der Waals surface area (Å²) in [4.78, 5) is 22.6. The number of amides is 1. The summed E-state index contributed by atoms with van der Waals surface area (Å²) >= 11 is 1.60. The minimum Gasteiger partial charge on any atom is -0.376 e. The highest BCUT2D eigenvalue weighted by molar-refractivity contribution is 7.17. The maximum Gasteiger partial charge on any atom is 0.252 e. The monoisotopic (exact) mass is 435 g/mol. The maximum absolute atomic E-state index is 12.6. The number of thiophene rings is 1. The molecule has 7 heteroatoms. The number of piperazine rings is 1. The molecule has 2 bridgehead atoms. The van der Waals surface area contributed by atoms with Gasteiger partial charge in [0.1, 0.15) is 4.83 Å². The van der Waals surface area contributed by atoms with E-state index in [0.717, 1.165) is 35.4 Å². The van der Waals surface area contributed by atoms with E-state index in [1.807, 2.05) is 20.2 Å². The molecule has 1 aromatic carbocycles. The highest BCUT2D eigenvalue weighted by Gasteiger charge is 2.32. The first-order valence-electron chi connectivity index (χ1n) is 11.0. The van der Waals surface area contributed by atoms with E-state index in [1.165, 1.54) is 24.1 Å². The van der Waals surface area contributed by atoms with Gasteiger partial charge in [-0.25, -0.2) is 4.98 Å². The van der Waals surface area contributed by atoms with Gasteiger partial charge in [-0.3, -0.25) is 4.79 Å². The van der Waals surface area contributed by atoms with E-state index in [2.05, 4.69) is 55.1 Å². The van der Waals surface area contributed by atoms with Crippen LogP contribution in [0.25, 0.3) is 10.2 Å². The SMILES string of the molecule is CN(C)c1csc2ncc(C(=O)NCCc3ccc(N4CC5CCC(C4)N5)cc3)cc12. The lowest BCUT2D eigenvalue weighted by Gasteiger charge is -2.34. The van der Waals surface area contributed by atoms with Crippen molar-refractivity contribution in [3.63, 3.8) is 0 Å². The maximum atomic E-state index is 12.6. The van der Waals surface area contributed by atoms with Gasteiger partial charge in [0.2, 0.25) is 0 Å². The Kier molecular flexibility index (Phi) is 5.54. The number of hydrogen-bond acceptors (Lipinski definition) is 6. The van der Waals surface area contributed by atoms with Gasteiger partial charge in [0, 0.05) is 68.5 Å². The molecule has 2 N–H and O–H groups in total. The Hall–Kier alpha value is -2.64. The molecule has 3 aromatic rings. The molecule has 2 aromatic heterocycles. The Bertz CT molecular complexity index is 1070. The largest absolute Gasteiger partial charge is 0.376 e. The number of hydrogen-bond donors (Lipinski definition) is 2. The fourth-order valence-electron chi connectivity index (χ4n) is 4.68. The molecule has 4 heterocycles. The van der Waals surface area contributed by atoms with Gasteiger partial charge in [-0.2, -0.15) is 0 Å². The first kappa shape index (κ1) is 20.3. The van der Waals surface area contributed by atoms with Crippen LogP contribution in [0, 0.1) is 0 Å². The van der Waals surface area contributed by atoms with Crippen LogP contribution in [0.2, 0.25) is 0 Å². The van der Waals surface area contributed by atoms with Crippen molar-refractivity contribution in [3.8, 4) is 0 Å².